The fourth-order valence-electron chi connectivity index (χ4n) is 4.54. The lowest BCUT2D eigenvalue weighted by Crippen LogP contribution is -2.52. The molecular formula is C24H29F2N3O5S. The molecule has 11 heteroatoms. The summed E-state index contributed by atoms with van der Waals surface area (Å²) in [4.78, 5) is 14.7. The first kappa shape index (κ1) is 25.5. The normalized spacial score (nSPS) is 23.1. The van der Waals surface area contributed by atoms with Crippen molar-refractivity contribution in [2.75, 3.05) is 6.61 Å². The number of sulfonamides is 1. The SMILES string of the molecule is CC(C)(C)OC(=O)N[C@H]1C[C@@H](N2Cc3ccc(S(N)(=O)=O)cc3C2)CO[C@@H]1c1cc(F)ccc1F. The van der Waals surface area contributed by atoms with Gasteiger partial charge in [-0.1, -0.05) is 6.07 Å². The van der Waals surface area contributed by atoms with Crippen LogP contribution < -0.4 is 10.5 Å². The monoisotopic (exact) mass is 509 g/mol. The van der Waals surface area contributed by atoms with Gasteiger partial charge in [0.05, 0.1) is 17.5 Å². The Bertz CT molecular complexity index is 1230. The summed E-state index contributed by atoms with van der Waals surface area (Å²) < 4.78 is 63.3. The van der Waals surface area contributed by atoms with Crippen molar-refractivity contribution >= 4 is 16.1 Å². The molecule has 0 saturated carbocycles. The minimum Gasteiger partial charge on any atom is -0.444 e. The maximum absolute atomic E-state index is 14.6. The summed E-state index contributed by atoms with van der Waals surface area (Å²) in [6.45, 7) is 6.41. The minimum atomic E-state index is -3.82. The van der Waals surface area contributed by atoms with Gasteiger partial charge in [-0.25, -0.2) is 27.1 Å². The smallest absolute Gasteiger partial charge is 0.407 e. The second kappa shape index (κ2) is 9.45. The molecule has 0 radical (unpaired) electrons. The number of ether oxygens (including phenoxy) is 2. The van der Waals surface area contributed by atoms with Gasteiger partial charge >= 0.3 is 6.09 Å². The van der Waals surface area contributed by atoms with E-state index in [0.29, 0.717) is 19.5 Å². The van der Waals surface area contributed by atoms with Crippen molar-refractivity contribution in [3.8, 4) is 0 Å². The number of nitrogens with one attached hydrogen (secondary N) is 1. The molecule has 2 aromatic carbocycles. The van der Waals surface area contributed by atoms with Crippen molar-refractivity contribution in [1.29, 1.82) is 0 Å². The van der Waals surface area contributed by atoms with Crippen LogP contribution in [0.5, 0.6) is 0 Å². The molecule has 0 aliphatic carbocycles. The van der Waals surface area contributed by atoms with E-state index in [1.54, 1.807) is 32.9 Å². The molecule has 190 valence electrons. The zero-order valence-electron chi connectivity index (χ0n) is 19.8. The molecule has 2 aromatic rings. The van der Waals surface area contributed by atoms with Crippen molar-refractivity contribution in [3.05, 3.63) is 64.7 Å². The van der Waals surface area contributed by atoms with Crippen molar-refractivity contribution < 1.29 is 31.5 Å². The molecule has 35 heavy (non-hydrogen) atoms. The largest absolute Gasteiger partial charge is 0.444 e. The van der Waals surface area contributed by atoms with E-state index in [1.807, 2.05) is 0 Å². The van der Waals surface area contributed by atoms with Crippen LogP contribution >= 0.6 is 0 Å². The van der Waals surface area contributed by atoms with Gasteiger partial charge < -0.3 is 14.8 Å². The van der Waals surface area contributed by atoms with Gasteiger partial charge in [0.15, 0.2) is 0 Å². The highest BCUT2D eigenvalue weighted by Crippen LogP contribution is 2.35. The molecule has 0 unspecified atom stereocenters. The van der Waals surface area contributed by atoms with E-state index in [2.05, 4.69) is 10.2 Å². The number of rotatable bonds is 4. The van der Waals surface area contributed by atoms with Crippen LogP contribution in [0.1, 0.15) is 50.0 Å². The minimum absolute atomic E-state index is 0.0204. The average Bonchev–Trinajstić information content (AvgIpc) is 3.17. The maximum Gasteiger partial charge on any atom is 0.407 e. The van der Waals surface area contributed by atoms with Crippen molar-refractivity contribution in [2.45, 2.75) is 69.0 Å². The van der Waals surface area contributed by atoms with Gasteiger partial charge in [-0.3, -0.25) is 4.90 Å². The van der Waals surface area contributed by atoms with Gasteiger partial charge in [0, 0.05) is 24.7 Å². The van der Waals surface area contributed by atoms with E-state index in [4.69, 9.17) is 14.6 Å². The van der Waals surface area contributed by atoms with Gasteiger partial charge in [0.1, 0.15) is 23.3 Å². The van der Waals surface area contributed by atoms with Crippen molar-refractivity contribution in [1.82, 2.24) is 10.2 Å². The summed E-state index contributed by atoms with van der Waals surface area (Å²) >= 11 is 0. The number of benzene rings is 2. The first-order valence-corrected chi connectivity index (χ1v) is 12.8. The number of nitrogens with two attached hydrogens (primary N) is 1. The van der Waals surface area contributed by atoms with Crippen LogP contribution in [0.3, 0.4) is 0 Å². The molecule has 0 spiro atoms. The Morgan fingerprint density at radius 3 is 2.54 bits per heavy atom. The number of hydrogen-bond acceptors (Lipinski definition) is 6. The molecule has 2 heterocycles. The molecule has 2 aliphatic heterocycles. The quantitative estimate of drug-likeness (QED) is 0.654. The molecule has 3 N–H and O–H groups in total. The first-order valence-electron chi connectivity index (χ1n) is 11.2. The second-order valence-electron chi connectivity index (χ2n) is 9.94. The number of carbonyl (C=O) groups excluding carboxylic acids is 1. The summed E-state index contributed by atoms with van der Waals surface area (Å²) in [5, 5.41) is 8.04. The molecule has 8 nitrogen and oxygen atoms in total. The fourth-order valence-corrected chi connectivity index (χ4v) is 5.10. The van der Waals surface area contributed by atoms with Gasteiger partial charge in [-0.05, 0) is 68.7 Å². The third-order valence-corrected chi connectivity index (χ3v) is 7.01. The van der Waals surface area contributed by atoms with Gasteiger partial charge in [-0.15, -0.1) is 0 Å². The third-order valence-electron chi connectivity index (χ3n) is 6.10. The molecular weight excluding hydrogens is 480 g/mol. The zero-order valence-corrected chi connectivity index (χ0v) is 20.6. The second-order valence-corrected chi connectivity index (χ2v) is 11.5. The highest BCUT2D eigenvalue weighted by molar-refractivity contribution is 7.89. The van der Waals surface area contributed by atoms with Crippen LogP contribution in [0.2, 0.25) is 0 Å². The Labute approximate surface area is 203 Å². The average molecular weight is 510 g/mol. The third kappa shape index (κ3) is 5.97. The lowest BCUT2D eigenvalue weighted by molar-refractivity contribution is -0.0627. The molecule has 0 aromatic heterocycles. The number of primary sulfonamides is 1. The van der Waals surface area contributed by atoms with E-state index in [1.165, 1.54) is 6.07 Å². The summed E-state index contributed by atoms with van der Waals surface area (Å²) in [6, 6.07) is 7.05. The zero-order chi connectivity index (χ0) is 25.5. The summed E-state index contributed by atoms with van der Waals surface area (Å²) in [5.41, 5.74) is 1.09. The highest BCUT2D eigenvalue weighted by atomic mass is 32.2. The van der Waals surface area contributed by atoms with E-state index >= 15 is 0 Å². The van der Waals surface area contributed by atoms with Crippen LogP contribution in [0.15, 0.2) is 41.3 Å². The lowest BCUT2D eigenvalue weighted by Gasteiger charge is -2.40. The molecule has 4 rings (SSSR count). The van der Waals surface area contributed by atoms with Gasteiger partial charge in [-0.2, -0.15) is 0 Å². The Kier molecular flexibility index (Phi) is 6.89. The molecule has 1 saturated heterocycles. The number of fused-ring (bicyclic) bond motifs is 1. The maximum atomic E-state index is 14.6. The summed E-state index contributed by atoms with van der Waals surface area (Å²) in [7, 11) is -3.82. The number of hydrogen-bond donors (Lipinski definition) is 2. The molecule has 2 aliphatic rings. The van der Waals surface area contributed by atoms with E-state index in [0.717, 1.165) is 29.3 Å². The molecule has 1 fully saturated rings. The van der Waals surface area contributed by atoms with Crippen LogP contribution in [-0.2, 0) is 32.6 Å². The van der Waals surface area contributed by atoms with Crippen LogP contribution in [-0.4, -0.2) is 43.7 Å². The first-order chi connectivity index (χ1) is 16.3. The van der Waals surface area contributed by atoms with Crippen molar-refractivity contribution in [3.63, 3.8) is 0 Å². The number of carbonyl (C=O) groups is 1. The Morgan fingerprint density at radius 2 is 1.86 bits per heavy atom. The fraction of sp³-hybridized carbons (Fsp3) is 0.458. The Hall–Kier alpha value is -2.60. The Morgan fingerprint density at radius 1 is 1.14 bits per heavy atom. The van der Waals surface area contributed by atoms with E-state index in [9.17, 15) is 22.0 Å². The lowest BCUT2D eigenvalue weighted by atomic mass is 9.92. The topological polar surface area (TPSA) is 111 Å². The van der Waals surface area contributed by atoms with E-state index < -0.39 is 45.5 Å². The number of halogens is 2. The van der Waals surface area contributed by atoms with Gasteiger partial charge in [0.25, 0.3) is 0 Å². The summed E-state index contributed by atoms with van der Waals surface area (Å²) in [6.07, 6.45) is -1.21. The predicted octanol–water partition coefficient (Wildman–Crippen LogP) is 3.35. The number of nitrogens with zero attached hydrogens (tertiary/aromatic N) is 1. The highest BCUT2D eigenvalue weighted by Gasteiger charge is 2.39. The molecule has 1 amide bonds. The molecule has 0 bridgehead atoms. The number of alkyl carbamates (subject to hydrolysis) is 1. The van der Waals surface area contributed by atoms with Crippen molar-refractivity contribution in [2.24, 2.45) is 5.14 Å². The van der Waals surface area contributed by atoms with Gasteiger partial charge in [0.2, 0.25) is 10.0 Å². The van der Waals surface area contributed by atoms with Crippen LogP contribution in [0.4, 0.5) is 13.6 Å². The predicted molar refractivity (Wildman–Crippen MR) is 124 cm³/mol. The number of amides is 1. The van der Waals surface area contributed by atoms with Crippen LogP contribution in [0.25, 0.3) is 0 Å². The van der Waals surface area contributed by atoms with Crippen LogP contribution in [0, 0.1) is 11.6 Å². The van der Waals surface area contributed by atoms with E-state index in [-0.39, 0.29) is 23.1 Å². The Balaban J connectivity index is 1.55. The summed E-state index contributed by atoms with van der Waals surface area (Å²) in [5.74, 6) is -1.24. The standard InChI is InChI=1S/C24H29F2N3O5S/c1-24(2,3)34-23(30)28-21-10-17(13-33-22(21)19-9-16(25)5-7-20(19)26)29-11-14-4-6-18(35(27,31)32)8-15(14)12-29/h4-9,17,21-22H,10-13H2,1-3H3,(H,28,30)(H2,27,31,32)/t17-,21+,22-/m1/s1. The molecule has 3 atom stereocenters.